The lowest BCUT2D eigenvalue weighted by Crippen LogP contribution is -2.32. The molecule has 2 aromatic rings. The van der Waals surface area contributed by atoms with Crippen molar-refractivity contribution in [2.45, 2.75) is 119 Å². The largest absolute Gasteiger partial charge is 0.412 e. The topological polar surface area (TPSA) is 32.3 Å². The number of carbonyl (C=O) groups excluding carboxylic acids is 1. The van der Waals surface area contributed by atoms with E-state index in [9.17, 15) is 26.3 Å². The smallest absolute Gasteiger partial charge is 0.362 e. The Balaban J connectivity index is -0.000000615. The Morgan fingerprint density at radius 1 is 0.870 bits per heavy atom. The zero-order valence-electron chi connectivity index (χ0n) is 29.3. The van der Waals surface area contributed by atoms with Crippen LogP contribution in [0.2, 0.25) is 0 Å². The first-order valence-corrected chi connectivity index (χ1v) is 16.0. The number of hydrogen-bond donors (Lipinski definition) is 1. The number of halogens is 6. The third-order valence-electron chi connectivity index (χ3n) is 6.22. The van der Waals surface area contributed by atoms with E-state index < -0.39 is 24.3 Å². The Bertz CT molecular complexity index is 965. The molecule has 1 fully saturated rings. The number of rotatable bonds is 7. The van der Waals surface area contributed by atoms with E-state index >= 15 is 0 Å². The van der Waals surface area contributed by atoms with Gasteiger partial charge in [-0.3, -0.25) is 9.69 Å². The lowest BCUT2D eigenvalue weighted by molar-refractivity contribution is -0.125. The number of hydrogen-bond acceptors (Lipinski definition) is 2. The SMILES string of the molecule is C/C=C(\C)C(F)(F)F.C/C=C/CC(F)(F)F.CC.CC1CC[C@@H](N(Cc2ccccc2)Cc2ccccc2)C1.CCC.CNC=O. The molecule has 9 heteroatoms. The zero-order valence-corrected chi connectivity index (χ0v) is 29.3. The summed E-state index contributed by atoms with van der Waals surface area (Å²) in [6.45, 7) is 16.7. The van der Waals surface area contributed by atoms with Crippen LogP contribution in [-0.4, -0.2) is 36.8 Å². The van der Waals surface area contributed by atoms with Crippen molar-refractivity contribution in [1.82, 2.24) is 10.2 Å². The van der Waals surface area contributed by atoms with Gasteiger partial charge in [-0.05, 0) is 57.1 Å². The standard InChI is InChI=1S/C20H25N.2C5H7F3.C3H8.C2H5NO.C2H6/c1-17-12-13-20(14-17)21(15-18-8-4-2-5-9-18)16-19-10-6-3-7-11-19;1-3-4(2)5(6,7)8;1-2-3-4-5(6,7)8;1-3-2;1-3-2-4;1-2/h2-11,17,20H,12-16H2,1H3;3H,1-2H3;2-3H,4H2,1H3;3H2,1-2H3;2H,1H3,(H,3,4);1-2H3/b;4-3+;3-2+;;;/t17?,20-;;;;;/m1...../s1. The highest BCUT2D eigenvalue weighted by Crippen LogP contribution is 2.31. The van der Waals surface area contributed by atoms with Crippen LogP contribution in [0.3, 0.4) is 0 Å². The molecule has 0 aliphatic heterocycles. The molecule has 1 aliphatic rings. The summed E-state index contributed by atoms with van der Waals surface area (Å²) in [5.74, 6) is 0.879. The molecule has 1 unspecified atom stereocenters. The predicted molar refractivity (Wildman–Crippen MR) is 182 cm³/mol. The summed E-state index contributed by atoms with van der Waals surface area (Å²) in [4.78, 5) is 11.7. The minimum Gasteiger partial charge on any atom is -0.362 e. The highest BCUT2D eigenvalue weighted by atomic mass is 19.4. The summed E-state index contributed by atoms with van der Waals surface area (Å²) < 4.78 is 67.7. The fourth-order valence-corrected chi connectivity index (χ4v) is 3.87. The van der Waals surface area contributed by atoms with Crippen LogP contribution in [0.15, 0.2) is 84.5 Å². The molecule has 0 heterocycles. The quantitative estimate of drug-likeness (QED) is 0.182. The fraction of sp³-hybridized carbons (Fsp3) is 0.541. The van der Waals surface area contributed by atoms with Crippen LogP contribution in [0.5, 0.6) is 0 Å². The van der Waals surface area contributed by atoms with Gasteiger partial charge >= 0.3 is 12.4 Å². The van der Waals surface area contributed by atoms with Crippen molar-refractivity contribution in [3.63, 3.8) is 0 Å². The fourth-order valence-electron chi connectivity index (χ4n) is 3.87. The zero-order chi connectivity index (χ0) is 36.0. The van der Waals surface area contributed by atoms with E-state index in [-0.39, 0.29) is 0 Å². The van der Waals surface area contributed by atoms with Crippen molar-refractivity contribution >= 4 is 6.41 Å². The van der Waals surface area contributed by atoms with Crippen LogP contribution in [0.25, 0.3) is 0 Å². The molecule has 2 aromatic carbocycles. The van der Waals surface area contributed by atoms with Crippen LogP contribution < -0.4 is 5.32 Å². The molecular formula is C37H58F6N2O. The molecule has 1 amide bonds. The van der Waals surface area contributed by atoms with Gasteiger partial charge in [0.2, 0.25) is 6.41 Å². The molecule has 264 valence electrons. The molecule has 0 bridgehead atoms. The van der Waals surface area contributed by atoms with Gasteiger partial charge in [0.05, 0.1) is 6.42 Å². The summed E-state index contributed by atoms with van der Waals surface area (Å²) in [5, 5.41) is 2.25. The van der Waals surface area contributed by atoms with E-state index in [2.05, 4.69) is 91.7 Å². The lowest BCUT2D eigenvalue weighted by Gasteiger charge is -2.29. The van der Waals surface area contributed by atoms with Crippen molar-refractivity contribution in [3.05, 3.63) is 95.6 Å². The number of allylic oxidation sites excluding steroid dienone is 4. The van der Waals surface area contributed by atoms with Crippen molar-refractivity contribution in [3.8, 4) is 0 Å². The van der Waals surface area contributed by atoms with Gasteiger partial charge < -0.3 is 5.32 Å². The Morgan fingerprint density at radius 2 is 1.28 bits per heavy atom. The van der Waals surface area contributed by atoms with Crippen molar-refractivity contribution < 1.29 is 31.1 Å². The van der Waals surface area contributed by atoms with Gasteiger partial charge in [-0.25, -0.2) is 0 Å². The van der Waals surface area contributed by atoms with E-state index in [0.29, 0.717) is 6.41 Å². The number of carbonyl (C=O) groups is 1. The van der Waals surface area contributed by atoms with E-state index in [0.717, 1.165) is 44.1 Å². The van der Waals surface area contributed by atoms with Gasteiger partial charge in [0.1, 0.15) is 0 Å². The normalized spacial score (nSPS) is 15.7. The van der Waals surface area contributed by atoms with Gasteiger partial charge in [0, 0.05) is 31.8 Å². The van der Waals surface area contributed by atoms with E-state index in [1.165, 1.54) is 49.8 Å². The molecule has 0 spiro atoms. The van der Waals surface area contributed by atoms with E-state index in [4.69, 9.17) is 4.79 Å². The Morgan fingerprint density at radius 3 is 1.50 bits per heavy atom. The number of alkyl halides is 6. The third-order valence-corrected chi connectivity index (χ3v) is 6.22. The predicted octanol–water partition coefficient (Wildman–Crippen LogP) is 11.7. The minimum atomic E-state index is -4.13. The Labute approximate surface area is 275 Å². The first-order valence-electron chi connectivity index (χ1n) is 16.0. The second-order valence-corrected chi connectivity index (χ2v) is 10.4. The highest BCUT2D eigenvalue weighted by molar-refractivity contribution is 5.44. The van der Waals surface area contributed by atoms with Gasteiger partial charge in [-0.1, -0.05) is 120 Å². The number of benzene rings is 2. The third kappa shape index (κ3) is 28.4. The van der Waals surface area contributed by atoms with Crippen LogP contribution in [0.4, 0.5) is 26.3 Å². The summed E-state index contributed by atoms with van der Waals surface area (Å²) in [6, 6.07) is 22.5. The molecule has 3 rings (SSSR count). The monoisotopic (exact) mass is 660 g/mol. The van der Waals surface area contributed by atoms with Crippen LogP contribution in [0.1, 0.15) is 98.6 Å². The summed E-state index contributed by atoms with van der Waals surface area (Å²) in [7, 11) is 1.56. The van der Waals surface area contributed by atoms with Gasteiger partial charge in [-0.2, -0.15) is 26.3 Å². The second kappa shape index (κ2) is 29.3. The van der Waals surface area contributed by atoms with Crippen molar-refractivity contribution in [2.75, 3.05) is 7.05 Å². The molecule has 1 saturated carbocycles. The maximum atomic E-state index is 11.4. The number of amides is 1. The number of nitrogens with one attached hydrogen (secondary N) is 1. The highest BCUT2D eigenvalue weighted by Gasteiger charge is 2.29. The lowest BCUT2D eigenvalue weighted by atomic mass is 10.1. The van der Waals surface area contributed by atoms with Crippen molar-refractivity contribution in [2.24, 2.45) is 5.92 Å². The Kier molecular flexibility index (Phi) is 30.2. The van der Waals surface area contributed by atoms with Crippen LogP contribution >= 0.6 is 0 Å². The molecule has 0 aromatic heterocycles. The molecule has 0 radical (unpaired) electrons. The first-order chi connectivity index (χ1) is 21.7. The van der Waals surface area contributed by atoms with E-state index in [1.54, 1.807) is 14.0 Å². The van der Waals surface area contributed by atoms with Gasteiger partial charge in [0.15, 0.2) is 0 Å². The van der Waals surface area contributed by atoms with Crippen molar-refractivity contribution in [1.29, 1.82) is 0 Å². The molecule has 0 saturated heterocycles. The van der Waals surface area contributed by atoms with E-state index in [1.807, 2.05) is 13.8 Å². The number of nitrogens with zero attached hydrogens (tertiary/aromatic N) is 1. The average molecular weight is 661 g/mol. The maximum absolute atomic E-state index is 11.4. The van der Waals surface area contributed by atoms with Gasteiger partial charge in [0.25, 0.3) is 0 Å². The molecule has 1 N–H and O–H groups in total. The molecule has 1 aliphatic carbocycles. The maximum Gasteiger partial charge on any atom is 0.412 e. The summed E-state index contributed by atoms with van der Waals surface area (Å²) >= 11 is 0. The van der Waals surface area contributed by atoms with Crippen LogP contribution in [0, 0.1) is 5.92 Å². The summed E-state index contributed by atoms with van der Waals surface area (Å²) in [5.41, 5.74) is 2.30. The van der Waals surface area contributed by atoms with Crippen LogP contribution in [-0.2, 0) is 17.9 Å². The molecular weight excluding hydrogens is 602 g/mol. The molecule has 2 atom stereocenters. The Hall–Kier alpha value is -3.07. The molecule has 46 heavy (non-hydrogen) atoms. The molecule has 3 nitrogen and oxygen atoms in total. The first kappa shape index (κ1) is 47.3. The minimum absolute atomic E-state index is 0.544. The second-order valence-electron chi connectivity index (χ2n) is 10.4. The summed E-state index contributed by atoms with van der Waals surface area (Å²) in [6.07, 6.45) is 0.476. The average Bonchev–Trinajstić information content (AvgIpc) is 3.47. The van der Waals surface area contributed by atoms with Gasteiger partial charge in [-0.15, -0.1) is 0 Å².